The molecule has 59 heavy (non-hydrogen) atoms. The van der Waals surface area contributed by atoms with E-state index in [1.54, 1.807) is 29.4 Å². The van der Waals surface area contributed by atoms with Gasteiger partial charge in [0.15, 0.2) is 0 Å². The minimum Gasteiger partial charge on any atom is -0.334 e. The van der Waals surface area contributed by atoms with Crippen LogP contribution in [0.15, 0.2) is 85.5 Å². The van der Waals surface area contributed by atoms with Crippen molar-refractivity contribution in [1.82, 2.24) is 28.9 Å². The first-order chi connectivity index (χ1) is 27.7. The van der Waals surface area contributed by atoms with Crippen molar-refractivity contribution in [2.45, 2.75) is 63.0 Å². The molecule has 3 unspecified atom stereocenters. The van der Waals surface area contributed by atoms with Gasteiger partial charge in [-0.3, -0.25) is 9.80 Å². The molecule has 2 fully saturated rings. The van der Waals surface area contributed by atoms with E-state index in [9.17, 15) is 43.9 Å². The Kier molecular flexibility index (Phi) is 11.6. The number of fused-ring (bicyclic) bond motifs is 2. The smallest absolute Gasteiger partial charge is 0.334 e. The molecular formula is C43H42F10N6. The van der Waals surface area contributed by atoms with E-state index in [-0.39, 0.29) is 31.0 Å². The highest BCUT2D eigenvalue weighted by atomic mass is 19.4. The molecule has 2 saturated heterocycles. The first-order valence-corrected chi connectivity index (χ1v) is 19.1. The maximum absolute atomic E-state index is 14.5. The maximum Gasteiger partial charge on any atom is 0.416 e. The van der Waals surface area contributed by atoms with Crippen molar-refractivity contribution >= 4 is 22.1 Å². The lowest BCUT2D eigenvalue weighted by atomic mass is 9.81. The Bertz CT molecular complexity index is 2430. The second-order valence-electron chi connectivity index (χ2n) is 15.9. The second-order valence-corrected chi connectivity index (χ2v) is 15.9. The molecule has 2 aromatic heterocycles. The molecule has 6 aromatic rings. The van der Waals surface area contributed by atoms with Crippen molar-refractivity contribution in [2.24, 2.45) is 20.0 Å². The molecule has 6 nitrogen and oxygen atoms in total. The lowest BCUT2D eigenvalue weighted by Gasteiger charge is -2.38. The first kappa shape index (κ1) is 42.2. The van der Waals surface area contributed by atoms with Gasteiger partial charge < -0.3 is 9.13 Å². The van der Waals surface area contributed by atoms with Gasteiger partial charge in [0, 0.05) is 52.6 Å². The maximum atomic E-state index is 14.5. The molecule has 3 atom stereocenters. The van der Waals surface area contributed by atoms with Crippen LogP contribution in [0, 0.1) is 17.6 Å². The normalized spacial score (nSPS) is 20.5. The fraction of sp³-hybridized carbons (Fsp3) is 0.395. The number of halogens is 10. The number of piperidine rings is 2. The molecule has 2 aliphatic rings. The number of imidazole rings is 2. The van der Waals surface area contributed by atoms with Crippen molar-refractivity contribution in [3.05, 3.63) is 130 Å². The minimum atomic E-state index is -4.70. The van der Waals surface area contributed by atoms with Gasteiger partial charge in [-0.25, -0.2) is 27.5 Å². The molecule has 4 aromatic carbocycles. The number of hydrogen-bond acceptors (Lipinski definition) is 4. The zero-order valence-corrected chi connectivity index (χ0v) is 32.4. The fourth-order valence-electron chi connectivity index (χ4n) is 8.35. The average molecular weight is 833 g/mol. The van der Waals surface area contributed by atoms with Gasteiger partial charge in [0.05, 0.1) is 52.4 Å². The Morgan fingerprint density at radius 1 is 0.661 bits per heavy atom. The van der Waals surface area contributed by atoms with Gasteiger partial charge in [-0.1, -0.05) is 19.1 Å². The van der Waals surface area contributed by atoms with Crippen molar-refractivity contribution in [1.29, 1.82) is 0 Å². The number of likely N-dealkylation sites (tertiary alicyclic amines) is 2. The van der Waals surface area contributed by atoms with E-state index in [2.05, 4.69) is 33.9 Å². The Morgan fingerprint density at radius 2 is 1.17 bits per heavy atom. The van der Waals surface area contributed by atoms with E-state index in [0.717, 1.165) is 59.8 Å². The van der Waals surface area contributed by atoms with E-state index in [0.29, 0.717) is 35.7 Å². The number of aromatic nitrogens is 4. The molecule has 16 heteroatoms. The molecule has 0 amide bonds. The van der Waals surface area contributed by atoms with E-state index < -0.39 is 53.5 Å². The van der Waals surface area contributed by atoms with E-state index in [4.69, 9.17) is 0 Å². The van der Waals surface area contributed by atoms with Gasteiger partial charge in [0.25, 0.3) is 5.92 Å². The Balaban J connectivity index is 0.000000179. The van der Waals surface area contributed by atoms with Gasteiger partial charge in [-0.05, 0) is 108 Å². The van der Waals surface area contributed by atoms with Crippen LogP contribution in [0.2, 0.25) is 0 Å². The Hall–Kier alpha value is -4.96. The Morgan fingerprint density at radius 3 is 1.71 bits per heavy atom. The highest BCUT2D eigenvalue weighted by Gasteiger charge is 2.41. The molecule has 0 aliphatic carbocycles. The lowest BCUT2D eigenvalue weighted by Crippen LogP contribution is -2.45. The van der Waals surface area contributed by atoms with Crippen molar-refractivity contribution in [3.63, 3.8) is 0 Å². The summed E-state index contributed by atoms with van der Waals surface area (Å²) in [6.07, 6.45) is -5.25. The quantitative estimate of drug-likeness (QED) is 0.157. The van der Waals surface area contributed by atoms with Gasteiger partial charge in [0.1, 0.15) is 11.6 Å². The number of nitrogens with zero attached hydrogens (tertiary/aromatic N) is 6. The van der Waals surface area contributed by atoms with Crippen LogP contribution in [-0.2, 0) is 39.5 Å². The molecular weight excluding hydrogens is 790 g/mol. The molecule has 8 rings (SSSR count). The van der Waals surface area contributed by atoms with Gasteiger partial charge in [0.2, 0.25) is 0 Å². The summed E-state index contributed by atoms with van der Waals surface area (Å²) >= 11 is 0. The first-order valence-electron chi connectivity index (χ1n) is 19.1. The van der Waals surface area contributed by atoms with Crippen LogP contribution in [0.3, 0.4) is 0 Å². The summed E-state index contributed by atoms with van der Waals surface area (Å²) in [4.78, 5) is 12.1. The van der Waals surface area contributed by atoms with Crippen molar-refractivity contribution in [2.75, 3.05) is 26.2 Å². The van der Waals surface area contributed by atoms with Crippen LogP contribution in [0.1, 0.15) is 65.0 Å². The second kappa shape index (κ2) is 16.2. The van der Waals surface area contributed by atoms with Crippen molar-refractivity contribution < 1.29 is 43.9 Å². The summed E-state index contributed by atoms with van der Waals surface area (Å²) in [5.74, 6) is -4.69. The van der Waals surface area contributed by atoms with Crippen LogP contribution < -0.4 is 0 Å². The zero-order chi connectivity index (χ0) is 42.4. The van der Waals surface area contributed by atoms with Crippen LogP contribution >= 0.6 is 0 Å². The summed E-state index contributed by atoms with van der Waals surface area (Å²) in [6, 6.07) is 16.6. The fourth-order valence-corrected chi connectivity index (χ4v) is 8.35. The molecule has 0 N–H and O–H groups in total. The van der Waals surface area contributed by atoms with Gasteiger partial charge >= 0.3 is 12.4 Å². The minimum absolute atomic E-state index is 0.0147. The summed E-state index contributed by atoms with van der Waals surface area (Å²) in [5.41, 5.74) is 3.79. The number of aryl methyl sites for hydroxylation is 2. The SMILES string of the molecule is CC1CCN(Cc2cc(F)cc(C(F)(F)F)c2)CC1c1ccc2ncn(C)c2c1.Cn1cnc2ccc(C3CN(Cc4cc(F)cc(C(F)(F)F)c4)CC(F)(F)C3)cc21. The van der Waals surface area contributed by atoms with Crippen LogP contribution in [-0.4, -0.2) is 61.0 Å². The number of hydrogen-bond donors (Lipinski definition) is 0. The van der Waals surface area contributed by atoms with Crippen LogP contribution in [0.4, 0.5) is 43.9 Å². The van der Waals surface area contributed by atoms with Crippen LogP contribution in [0.25, 0.3) is 22.1 Å². The summed E-state index contributed by atoms with van der Waals surface area (Å²) in [5, 5.41) is 0. The molecule has 0 bridgehead atoms. The predicted molar refractivity (Wildman–Crippen MR) is 204 cm³/mol. The van der Waals surface area contributed by atoms with E-state index in [1.165, 1.54) is 16.5 Å². The average Bonchev–Trinajstić information content (AvgIpc) is 3.71. The number of benzene rings is 4. The van der Waals surface area contributed by atoms with E-state index >= 15 is 0 Å². The molecule has 4 heterocycles. The third-order valence-corrected chi connectivity index (χ3v) is 11.3. The zero-order valence-electron chi connectivity index (χ0n) is 32.4. The lowest BCUT2D eigenvalue weighted by molar-refractivity contribution is -0.138. The van der Waals surface area contributed by atoms with Gasteiger partial charge in [-0.15, -0.1) is 0 Å². The highest BCUT2D eigenvalue weighted by molar-refractivity contribution is 5.77. The predicted octanol–water partition coefficient (Wildman–Crippen LogP) is 10.7. The van der Waals surface area contributed by atoms with Crippen LogP contribution in [0.5, 0.6) is 0 Å². The highest BCUT2D eigenvalue weighted by Crippen LogP contribution is 2.39. The summed E-state index contributed by atoms with van der Waals surface area (Å²) in [6.45, 7) is 3.47. The largest absolute Gasteiger partial charge is 0.416 e. The molecule has 314 valence electrons. The van der Waals surface area contributed by atoms with Crippen molar-refractivity contribution in [3.8, 4) is 0 Å². The standard InChI is InChI=1S/C22H23F4N3.C21H19F6N3/c1-14-5-6-29(11-15-7-17(22(24,25)26)10-18(23)8-15)12-19(14)16-3-4-20-21(9-16)28(2)13-27-20;1-29-12-28-18-3-2-14(6-19(18)29)15-8-20(23,24)11-30(10-15)9-13-4-16(21(25,26)27)7-17(22)5-13/h3-4,7-10,13-14,19H,5-6,11-12H2,1-2H3;2-7,12,15H,8-11H2,1H3. The molecule has 0 saturated carbocycles. The third kappa shape index (κ3) is 9.92. The molecule has 2 aliphatic heterocycles. The molecule has 0 radical (unpaired) electrons. The topological polar surface area (TPSA) is 42.1 Å². The third-order valence-electron chi connectivity index (χ3n) is 11.3. The number of alkyl halides is 8. The number of rotatable bonds is 6. The Labute approximate surface area is 334 Å². The summed E-state index contributed by atoms with van der Waals surface area (Å²) < 4.78 is 138. The van der Waals surface area contributed by atoms with Gasteiger partial charge in [-0.2, -0.15) is 26.3 Å². The monoisotopic (exact) mass is 832 g/mol. The summed E-state index contributed by atoms with van der Waals surface area (Å²) in [7, 11) is 3.76. The van der Waals surface area contributed by atoms with E-state index in [1.807, 2.05) is 30.8 Å². The molecule has 0 spiro atoms.